The predicted octanol–water partition coefficient (Wildman–Crippen LogP) is 2.24. The number of alkyl halides is 1. The molecule has 0 bridgehead atoms. The van der Waals surface area contributed by atoms with Gasteiger partial charge in [-0.15, -0.1) is 11.6 Å². The maximum absolute atomic E-state index is 12.3. The molecule has 2 atom stereocenters. The molecule has 100 valence electrons. The molecule has 1 aliphatic heterocycles. The summed E-state index contributed by atoms with van der Waals surface area (Å²) in [6.07, 6.45) is 0.779. The molecule has 1 amide bonds. The maximum atomic E-state index is 12.3. The third kappa shape index (κ3) is 1.96. The third-order valence-corrected chi connectivity index (χ3v) is 4.88. The quantitative estimate of drug-likeness (QED) is 0.837. The van der Waals surface area contributed by atoms with Gasteiger partial charge in [0.25, 0.3) is 5.91 Å². The molecular formula is C13H11BrClNO3. The number of carboxylic acid groups (broad SMARTS) is 1. The Bertz CT molecular complexity index is 591. The number of halogens is 2. The second kappa shape index (κ2) is 4.21. The van der Waals surface area contributed by atoms with Gasteiger partial charge in [0.2, 0.25) is 0 Å². The smallest absolute Gasteiger partial charge is 0.323 e. The van der Waals surface area contributed by atoms with E-state index in [1.54, 1.807) is 12.1 Å². The Morgan fingerprint density at radius 3 is 2.84 bits per heavy atom. The fourth-order valence-corrected chi connectivity index (χ4v) is 3.60. The van der Waals surface area contributed by atoms with Crippen molar-refractivity contribution in [3.8, 4) is 0 Å². The topological polar surface area (TPSA) is 57.6 Å². The van der Waals surface area contributed by atoms with Crippen LogP contribution >= 0.6 is 27.5 Å². The molecule has 1 spiro atoms. The Kier molecular flexibility index (Phi) is 2.87. The van der Waals surface area contributed by atoms with E-state index in [4.69, 9.17) is 16.7 Å². The van der Waals surface area contributed by atoms with E-state index in [9.17, 15) is 9.59 Å². The molecule has 1 N–H and O–H groups in total. The number of rotatable bonds is 2. The summed E-state index contributed by atoms with van der Waals surface area (Å²) in [5.41, 5.74) is 1.23. The number of carbonyl (C=O) groups is 2. The molecule has 0 unspecified atom stereocenters. The second-order valence-corrected chi connectivity index (χ2v) is 6.52. The summed E-state index contributed by atoms with van der Waals surface area (Å²) < 4.78 is 0.904. The predicted molar refractivity (Wildman–Crippen MR) is 73.6 cm³/mol. The van der Waals surface area contributed by atoms with Crippen molar-refractivity contribution in [2.75, 3.05) is 13.1 Å². The second-order valence-electron chi connectivity index (χ2n) is 5.07. The minimum Gasteiger partial charge on any atom is -0.480 e. The van der Waals surface area contributed by atoms with E-state index in [2.05, 4.69) is 15.9 Å². The zero-order valence-electron chi connectivity index (χ0n) is 9.90. The standard InChI is InChI=1S/C13H11BrClNO3/c14-7-1-2-8-9(3-7)13(4-10(13)15)6-16(12(8)19)5-11(17)18/h1-3,10H,4-6H2,(H,17,18)/t10-,13-/m0/s1. The van der Waals surface area contributed by atoms with Gasteiger partial charge in [-0.25, -0.2) is 0 Å². The molecular weight excluding hydrogens is 334 g/mol. The highest BCUT2D eigenvalue weighted by molar-refractivity contribution is 9.10. The molecule has 0 saturated heterocycles. The van der Waals surface area contributed by atoms with Crippen molar-refractivity contribution < 1.29 is 14.7 Å². The number of aliphatic carboxylic acids is 1. The van der Waals surface area contributed by atoms with Crippen molar-refractivity contribution >= 4 is 39.4 Å². The molecule has 6 heteroatoms. The average Bonchev–Trinajstić information content (AvgIpc) is 2.97. The largest absolute Gasteiger partial charge is 0.480 e. The normalized spacial score (nSPS) is 28.4. The van der Waals surface area contributed by atoms with Crippen LogP contribution in [0.25, 0.3) is 0 Å². The minimum atomic E-state index is -1.00. The summed E-state index contributed by atoms with van der Waals surface area (Å²) in [6, 6.07) is 5.45. The maximum Gasteiger partial charge on any atom is 0.323 e. The zero-order chi connectivity index (χ0) is 13.8. The van der Waals surface area contributed by atoms with E-state index >= 15 is 0 Å². The van der Waals surface area contributed by atoms with Gasteiger partial charge in [0.15, 0.2) is 0 Å². The van der Waals surface area contributed by atoms with Gasteiger partial charge in [-0.2, -0.15) is 0 Å². The Morgan fingerprint density at radius 2 is 2.26 bits per heavy atom. The van der Waals surface area contributed by atoms with Gasteiger partial charge < -0.3 is 10.0 Å². The molecule has 19 heavy (non-hydrogen) atoms. The van der Waals surface area contributed by atoms with Crippen LogP contribution in [0, 0.1) is 0 Å². The SMILES string of the molecule is O=C(O)CN1C[C@@]2(C[C@@H]2Cl)c2cc(Br)ccc2C1=O. The van der Waals surface area contributed by atoms with E-state index in [0.717, 1.165) is 16.5 Å². The fourth-order valence-electron chi connectivity index (χ4n) is 2.78. The molecule has 1 saturated carbocycles. The summed E-state index contributed by atoms with van der Waals surface area (Å²) in [4.78, 5) is 24.5. The number of hydrogen-bond donors (Lipinski definition) is 1. The van der Waals surface area contributed by atoms with Crippen LogP contribution in [-0.2, 0) is 10.2 Å². The molecule has 0 aromatic heterocycles. The number of nitrogens with zero attached hydrogens (tertiary/aromatic N) is 1. The molecule has 3 rings (SSSR count). The number of carbonyl (C=O) groups excluding carboxylic acids is 1. The Balaban J connectivity index is 2.07. The van der Waals surface area contributed by atoms with E-state index in [0.29, 0.717) is 12.1 Å². The summed E-state index contributed by atoms with van der Waals surface area (Å²) in [6.45, 7) is 0.107. The fraction of sp³-hybridized carbons (Fsp3) is 0.385. The van der Waals surface area contributed by atoms with Crippen LogP contribution in [0.3, 0.4) is 0 Å². The lowest BCUT2D eigenvalue weighted by molar-refractivity contribution is -0.137. The summed E-state index contributed by atoms with van der Waals surface area (Å²) >= 11 is 9.65. The summed E-state index contributed by atoms with van der Waals surface area (Å²) in [5.74, 6) is -1.23. The number of carboxylic acids is 1. The number of hydrogen-bond acceptors (Lipinski definition) is 2. The highest BCUT2D eigenvalue weighted by Crippen LogP contribution is 2.56. The van der Waals surface area contributed by atoms with Gasteiger partial charge >= 0.3 is 5.97 Å². The lowest BCUT2D eigenvalue weighted by Gasteiger charge is -2.34. The highest BCUT2D eigenvalue weighted by atomic mass is 79.9. The third-order valence-electron chi connectivity index (χ3n) is 3.82. The van der Waals surface area contributed by atoms with E-state index in [-0.39, 0.29) is 23.2 Å². The van der Waals surface area contributed by atoms with Crippen LogP contribution < -0.4 is 0 Å². The molecule has 1 aromatic rings. The Morgan fingerprint density at radius 1 is 1.58 bits per heavy atom. The monoisotopic (exact) mass is 343 g/mol. The van der Waals surface area contributed by atoms with Crippen molar-refractivity contribution in [2.24, 2.45) is 0 Å². The van der Waals surface area contributed by atoms with Crippen LogP contribution in [0.2, 0.25) is 0 Å². The Labute approximate surface area is 123 Å². The molecule has 2 aliphatic rings. The number of amides is 1. The van der Waals surface area contributed by atoms with Gasteiger partial charge in [-0.05, 0) is 30.2 Å². The van der Waals surface area contributed by atoms with Gasteiger partial charge in [-0.3, -0.25) is 9.59 Å². The van der Waals surface area contributed by atoms with Crippen LogP contribution in [0.1, 0.15) is 22.3 Å². The first-order valence-corrected chi connectivity index (χ1v) is 7.12. The minimum absolute atomic E-state index is 0.0371. The lowest BCUT2D eigenvalue weighted by Crippen LogP contribution is -2.46. The van der Waals surface area contributed by atoms with Gasteiger partial charge in [0.05, 0.1) is 0 Å². The van der Waals surface area contributed by atoms with Crippen LogP contribution in [-0.4, -0.2) is 40.3 Å². The van der Waals surface area contributed by atoms with Gasteiger partial charge in [-0.1, -0.05) is 15.9 Å². The van der Waals surface area contributed by atoms with Crippen molar-refractivity contribution in [3.63, 3.8) is 0 Å². The summed E-state index contributed by atoms with van der Waals surface area (Å²) in [7, 11) is 0. The van der Waals surface area contributed by atoms with Crippen molar-refractivity contribution in [2.45, 2.75) is 17.2 Å². The van der Waals surface area contributed by atoms with Crippen molar-refractivity contribution in [1.82, 2.24) is 4.90 Å². The van der Waals surface area contributed by atoms with Gasteiger partial charge in [0.1, 0.15) is 6.54 Å². The van der Waals surface area contributed by atoms with Crippen LogP contribution in [0.15, 0.2) is 22.7 Å². The van der Waals surface area contributed by atoms with E-state index < -0.39 is 5.97 Å². The van der Waals surface area contributed by atoms with E-state index in [1.807, 2.05) is 6.07 Å². The zero-order valence-corrected chi connectivity index (χ0v) is 12.2. The van der Waals surface area contributed by atoms with Gasteiger partial charge in [0, 0.05) is 27.4 Å². The molecule has 1 fully saturated rings. The molecule has 1 aromatic carbocycles. The molecule has 0 radical (unpaired) electrons. The first kappa shape index (κ1) is 12.9. The van der Waals surface area contributed by atoms with Crippen molar-refractivity contribution in [3.05, 3.63) is 33.8 Å². The highest BCUT2D eigenvalue weighted by Gasteiger charge is 2.59. The van der Waals surface area contributed by atoms with Crippen LogP contribution in [0.4, 0.5) is 0 Å². The molecule has 4 nitrogen and oxygen atoms in total. The lowest BCUT2D eigenvalue weighted by atomic mass is 9.86. The first-order valence-electron chi connectivity index (χ1n) is 5.89. The van der Waals surface area contributed by atoms with E-state index in [1.165, 1.54) is 4.90 Å². The Hall–Kier alpha value is -1.07. The van der Waals surface area contributed by atoms with Crippen LogP contribution in [0.5, 0.6) is 0 Å². The van der Waals surface area contributed by atoms with Crippen molar-refractivity contribution in [1.29, 1.82) is 0 Å². The molecule has 1 heterocycles. The summed E-state index contributed by atoms with van der Waals surface area (Å²) in [5, 5.41) is 8.86. The molecule has 1 aliphatic carbocycles. The number of fused-ring (bicyclic) bond motifs is 2. The first-order chi connectivity index (χ1) is 8.94. The number of benzene rings is 1. The average molecular weight is 345 g/mol.